The van der Waals surface area contributed by atoms with Crippen molar-refractivity contribution in [2.45, 2.75) is 0 Å². The molecule has 16 heavy (non-hydrogen) atoms. The van der Waals surface area contributed by atoms with Gasteiger partial charge in [-0.3, -0.25) is 0 Å². The summed E-state index contributed by atoms with van der Waals surface area (Å²) >= 11 is 1.73. The van der Waals surface area contributed by atoms with Gasteiger partial charge in [0, 0.05) is 18.0 Å². The van der Waals surface area contributed by atoms with E-state index in [4.69, 9.17) is 0 Å². The van der Waals surface area contributed by atoms with E-state index >= 15 is 0 Å². The Labute approximate surface area is 97.4 Å². The van der Waals surface area contributed by atoms with Gasteiger partial charge >= 0.3 is 0 Å². The number of aryl methyl sites for hydroxylation is 1. The summed E-state index contributed by atoms with van der Waals surface area (Å²) in [5.74, 6) is 0.316. The Balaban J connectivity index is 2.31. The number of phenolic OH excluding ortho intramolecular Hbond substituents is 1. The van der Waals surface area contributed by atoms with E-state index in [1.54, 1.807) is 23.5 Å². The van der Waals surface area contributed by atoms with E-state index in [1.807, 2.05) is 6.07 Å². The second-order valence-electron chi connectivity index (χ2n) is 3.81. The molecule has 80 valence electrons. The number of phenols is 1. The number of aromatic hydroxyl groups is 1. The first-order valence-electron chi connectivity index (χ1n) is 5.08. The molecule has 0 radical (unpaired) electrons. The van der Waals surface area contributed by atoms with Crippen LogP contribution in [-0.4, -0.2) is 9.67 Å². The normalized spacial score (nSPS) is 11.1. The minimum absolute atomic E-state index is 0.316. The molecule has 2 nitrogen and oxygen atoms in total. The maximum atomic E-state index is 9.45. The van der Waals surface area contributed by atoms with E-state index in [0.717, 1.165) is 10.9 Å². The number of benzene rings is 1. The quantitative estimate of drug-likeness (QED) is 0.677. The van der Waals surface area contributed by atoms with Crippen molar-refractivity contribution in [3.05, 3.63) is 41.8 Å². The zero-order valence-corrected chi connectivity index (χ0v) is 9.66. The van der Waals surface area contributed by atoms with Crippen molar-refractivity contribution in [1.82, 2.24) is 4.57 Å². The molecule has 0 amide bonds. The number of rotatable bonds is 1. The Bertz CT molecular complexity index is 637. The first kappa shape index (κ1) is 9.48. The highest BCUT2D eigenvalue weighted by molar-refractivity contribution is 7.13. The predicted octanol–water partition coefficient (Wildman–Crippen LogP) is 3.61. The lowest BCUT2D eigenvalue weighted by atomic mass is 10.2. The van der Waals surface area contributed by atoms with Crippen LogP contribution in [0.1, 0.15) is 0 Å². The third-order valence-electron chi connectivity index (χ3n) is 2.80. The smallest absolute Gasteiger partial charge is 0.116 e. The second kappa shape index (κ2) is 3.39. The average molecular weight is 229 g/mol. The highest BCUT2D eigenvalue weighted by atomic mass is 32.1. The van der Waals surface area contributed by atoms with Crippen LogP contribution in [0.2, 0.25) is 0 Å². The summed E-state index contributed by atoms with van der Waals surface area (Å²) in [5.41, 5.74) is 2.33. The fraction of sp³-hybridized carbons (Fsp3) is 0.0769. The number of aromatic nitrogens is 1. The maximum Gasteiger partial charge on any atom is 0.116 e. The van der Waals surface area contributed by atoms with Gasteiger partial charge in [-0.25, -0.2) is 0 Å². The molecule has 0 aliphatic rings. The van der Waals surface area contributed by atoms with E-state index in [2.05, 4.69) is 35.2 Å². The molecule has 0 bridgehead atoms. The van der Waals surface area contributed by atoms with Crippen molar-refractivity contribution in [2.75, 3.05) is 0 Å². The van der Waals surface area contributed by atoms with E-state index in [0.29, 0.717) is 5.75 Å². The Morgan fingerprint density at radius 3 is 2.81 bits per heavy atom. The van der Waals surface area contributed by atoms with Gasteiger partial charge in [0.25, 0.3) is 0 Å². The van der Waals surface area contributed by atoms with Gasteiger partial charge in [-0.1, -0.05) is 6.07 Å². The van der Waals surface area contributed by atoms with Crippen molar-refractivity contribution in [2.24, 2.45) is 7.05 Å². The second-order valence-corrected chi connectivity index (χ2v) is 4.76. The molecule has 3 rings (SSSR count). The van der Waals surface area contributed by atoms with Crippen molar-refractivity contribution in [1.29, 1.82) is 0 Å². The van der Waals surface area contributed by atoms with Gasteiger partial charge < -0.3 is 9.67 Å². The summed E-state index contributed by atoms with van der Waals surface area (Å²) < 4.78 is 2.15. The van der Waals surface area contributed by atoms with Crippen LogP contribution in [0.25, 0.3) is 21.5 Å². The van der Waals surface area contributed by atoms with Gasteiger partial charge in [0.1, 0.15) is 5.75 Å². The standard InChI is InChI=1S/C13H11NOS/c1-14-11-5-4-10(15)7-9(11)8-12(14)13-3-2-6-16-13/h2-8,15H,1H3. The molecule has 2 aromatic heterocycles. The predicted molar refractivity (Wildman–Crippen MR) is 67.9 cm³/mol. The van der Waals surface area contributed by atoms with Gasteiger partial charge in [-0.2, -0.15) is 0 Å². The van der Waals surface area contributed by atoms with Crippen molar-refractivity contribution in [3.8, 4) is 16.3 Å². The first-order valence-corrected chi connectivity index (χ1v) is 5.96. The molecule has 0 saturated carbocycles. The van der Waals surface area contributed by atoms with E-state index in [9.17, 15) is 5.11 Å². The highest BCUT2D eigenvalue weighted by Crippen LogP contribution is 2.31. The third-order valence-corrected chi connectivity index (χ3v) is 3.69. The molecule has 0 atom stereocenters. The minimum atomic E-state index is 0.316. The molecular weight excluding hydrogens is 218 g/mol. The lowest BCUT2D eigenvalue weighted by molar-refractivity contribution is 0.476. The SMILES string of the molecule is Cn1c(-c2cccs2)cc2cc(O)ccc21. The summed E-state index contributed by atoms with van der Waals surface area (Å²) in [5, 5.41) is 12.6. The van der Waals surface area contributed by atoms with Crippen LogP contribution in [0.5, 0.6) is 5.75 Å². The topological polar surface area (TPSA) is 25.2 Å². The first-order chi connectivity index (χ1) is 7.75. The van der Waals surface area contributed by atoms with Crippen LogP contribution < -0.4 is 0 Å². The molecular formula is C13H11NOS. The van der Waals surface area contributed by atoms with Crippen molar-refractivity contribution >= 4 is 22.2 Å². The Kier molecular flexibility index (Phi) is 2.01. The maximum absolute atomic E-state index is 9.45. The van der Waals surface area contributed by atoms with Crippen LogP contribution in [0.15, 0.2) is 41.8 Å². The number of hydrogen-bond donors (Lipinski definition) is 1. The van der Waals surface area contributed by atoms with Crippen LogP contribution >= 0.6 is 11.3 Å². The minimum Gasteiger partial charge on any atom is -0.508 e. The van der Waals surface area contributed by atoms with Gasteiger partial charge in [0.2, 0.25) is 0 Å². The summed E-state index contributed by atoms with van der Waals surface area (Å²) in [6.07, 6.45) is 0. The molecule has 0 saturated heterocycles. The molecule has 3 heteroatoms. The van der Waals surface area contributed by atoms with Crippen LogP contribution in [0.4, 0.5) is 0 Å². The molecule has 0 aliphatic carbocycles. The Hall–Kier alpha value is -1.74. The largest absolute Gasteiger partial charge is 0.508 e. The van der Waals surface area contributed by atoms with Gasteiger partial charge in [-0.15, -0.1) is 11.3 Å². The van der Waals surface area contributed by atoms with Crippen LogP contribution in [0.3, 0.4) is 0 Å². The average Bonchev–Trinajstić information content (AvgIpc) is 2.86. The Morgan fingerprint density at radius 2 is 2.06 bits per heavy atom. The number of fused-ring (bicyclic) bond motifs is 1. The number of thiophene rings is 1. The number of hydrogen-bond acceptors (Lipinski definition) is 2. The Morgan fingerprint density at radius 1 is 1.19 bits per heavy atom. The van der Waals surface area contributed by atoms with Crippen molar-refractivity contribution < 1.29 is 5.11 Å². The van der Waals surface area contributed by atoms with E-state index < -0.39 is 0 Å². The number of nitrogens with zero attached hydrogens (tertiary/aromatic N) is 1. The highest BCUT2D eigenvalue weighted by Gasteiger charge is 2.08. The summed E-state index contributed by atoms with van der Waals surface area (Å²) in [6, 6.07) is 11.7. The monoisotopic (exact) mass is 229 g/mol. The van der Waals surface area contributed by atoms with Gasteiger partial charge in [-0.05, 0) is 35.7 Å². The fourth-order valence-electron chi connectivity index (χ4n) is 2.00. The van der Waals surface area contributed by atoms with E-state index in [-0.39, 0.29) is 0 Å². The molecule has 3 aromatic rings. The molecule has 1 aromatic carbocycles. The van der Waals surface area contributed by atoms with E-state index in [1.165, 1.54) is 10.6 Å². The summed E-state index contributed by atoms with van der Waals surface area (Å²) in [7, 11) is 2.05. The molecule has 0 fully saturated rings. The van der Waals surface area contributed by atoms with Crippen LogP contribution in [-0.2, 0) is 7.05 Å². The third kappa shape index (κ3) is 1.32. The summed E-state index contributed by atoms with van der Waals surface area (Å²) in [4.78, 5) is 1.25. The lowest BCUT2D eigenvalue weighted by Gasteiger charge is -2.01. The van der Waals surface area contributed by atoms with Gasteiger partial charge in [0.05, 0.1) is 10.6 Å². The summed E-state index contributed by atoms with van der Waals surface area (Å²) in [6.45, 7) is 0. The molecule has 0 spiro atoms. The van der Waals surface area contributed by atoms with Gasteiger partial charge in [0.15, 0.2) is 0 Å². The zero-order valence-electron chi connectivity index (χ0n) is 8.84. The fourth-order valence-corrected chi connectivity index (χ4v) is 2.78. The molecule has 0 unspecified atom stereocenters. The molecule has 2 heterocycles. The molecule has 1 N–H and O–H groups in total. The van der Waals surface area contributed by atoms with Crippen LogP contribution in [0, 0.1) is 0 Å². The van der Waals surface area contributed by atoms with Crippen molar-refractivity contribution in [3.63, 3.8) is 0 Å². The lowest BCUT2D eigenvalue weighted by Crippen LogP contribution is -1.88. The zero-order chi connectivity index (χ0) is 11.1. The molecule has 0 aliphatic heterocycles.